The second-order valence-corrected chi connectivity index (χ2v) is 8.48. The molecule has 0 aliphatic carbocycles. The number of rotatable bonds is 5. The highest BCUT2D eigenvalue weighted by atomic mass is 19.1. The van der Waals surface area contributed by atoms with Crippen molar-refractivity contribution in [2.24, 2.45) is 5.92 Å². The van der Waals surface area contributed by atoms with E-state index in [4.69, 9.17) is 0 Å². The average molecular weight is 478 g/mol. The van der Waals surface area contributed by atoms with Crippen LogP contribution in [0.2, 0.25) is 0 Å². The summed E-state index contributed by atoms with van der Waals surface area (Å²) < 4.78 is 27.1. The lowest BCUT2D eigenvalue weighted by Gasteiger charge is -2.31. The van der Waals surface area contributed by atoms with Crippen LogP contribution < -0.4 is 10.6 Å². The smallest absolute Gasteiger partial charge is 0.256 e. The van der Waals surface area contributed by atoms with Crippen molar-refractivity contribution in [1.82, 2.24) is 4.90 Å². The lowest BCUT2D eigenvalue weighted by molar-refractivity contribution is -0.121. The van der Waals surface area contributed by atoms with E-state index in [0.717, 1.165) is 17.7 Å². The lowest BCUT2D eigenvalue weighted by Crippen LogP contribution is -2.41. The molecule has 0 bridgehead atoms. The molecule has 35 heavy (non-hydrogen) atoms. The summed E-state index contributed by atoms with van der Waals surface area (Å²) in [6.45, 7) is 2.40. The topological polar surface area (TPSA) is 78.5 Å². The van der Waals surface area contributed by atoms with Gasteiger partial charge in [-0.3, -0.25) is 14.4 Å². The summed E-state index contributed by atoms with van der Waals surface area (Å²) in [7, 11) is 0. The Morgan fingerprint density at radius 1 is 0.857 bits per heavy atom. The molecule has 1 heterocycles. The maximum atomic E-state index is 14.0. The number of likely N-dealkylation sites (tertiary alicyclic amines) is 1. The van der Waals surface area contributed by atoms with Crippen LogP contribution in [-0.4, -0.2) is 35.7 Å². The molecule has 2 N–H and O–H groups in total. The number of nitrogens with zero attached hydrogens (tertiary/aromatic N) is 1. The number of halogens is 2. The molecular weight excluding hydrogens is 452 g/mol. The number of amides is 3. The first-order valence-corrected chi connectivity index (χ1v) is 11.3. The Morgan fingerprint density at radius 2 is 1.51 bits per heavy atom. The van der Waals surface area contributed by atoms with E-state index in [1.807, 2.05) is 13.0 Å². The third-order valence-corrected chi connectivity index (χ3v) is 6.19. The second-order valence-electron chi connectivity index (χ2n) is 8.48. The van der Waals surface area contributed by atoms with Gasteiger partial charge in [0, 0.05) is 42.0 Å². The Bertz CT molecular complexity index is 1260. The van der Waals surface area contributed by atoms with E-state index in [0.29, 0.717) is 48.9 Å². The fraction of sp³-hybridized carbons (Fsp3) is 0.222. The molecule has 4 rings (SSSR count). The minimum atomic E-state index is -0.899. The number of nitrogens with one attached hydrogen (secondary N) is 2. The largest absolute Gasteiger partial charge is 0.339 e. The second kappa shape index (κ2) is 10.5. The predicted octanol–water partition coefficient (Wildman–Crippen LogP) is 5.02. The van der Waals surface area contributed by atoms with Crippen LogP contribution in [0.4, 0.5) is 20.2 Å². The molecule has 3 amide bonds. The Balaban J connectivity index is 1.36. The van der Waals surface area contributed by atoms with Gasteiger partial charge in [-0.2, -0.15) is 0 Å². The third-order valence-electron chi connectivity index (χ3n) is 6.19. The molecule has 0 radical (unpaired) electrons. The first kappa shape index (κ1) is 24.1. The zero-order valence-corrected chi connectivity index (χ0v) is 19.2. The van der Waals surface area contributed by atoms with E-state index >= 15 is 0 Å². The molecule has 180 valence electrons. The van der Waals surface area contributed by atoms with Gasteiger partial charge in [-0.15, -0.1) is 0 Å². The highest BCUT2D eigenvalue weighted by molar-refractivity contribution is 6.05. The fourth-order valence-electron chi connectivity index (χ4n) is 4.10. The highest BCUT2D eigenvalue weighted by Gasteiger charge is 2.29. The van der Waals surface area contributed by atoms with E-state index in [2.05, 4.69) is 10.6 Å². The number of carbonyl (C=O) groups excluding carboxylic acids is 3. The molecule has 3 aromatic carbocycles. The van der Waals surface area contributed by atoms with E-state index in [1.165, 1.54) is 4.90 Å². The zero-order chi connectivity index (χ0) is 24.9. The van der Waals surface area contributed by atoms with E-state index in [-0.39, 0.29) is 23.3 Å². The van der Waals surface area contributed by atoms with Gasteiger partial charge in [0.15, 0.2) is 0 Å². The molecule has 0 aromatic heterocycles. The Labute approximate surface area is 201 Å². The first-order valence-electron chi connectivity index (χ1n) is 11.3. The predicted molar refractivity (Wildman–Crippen MR) is 129 cm³/mol. The molecule has 0 unspecified atom stereocenters. The Morgan fingerprint density at radius 3 is 2.17 bits per heavy atom. The summed E-state index contributed by atoms with van der Waals surface area (Å²) in [5, 5.41) is 5.80. The number of hydrogen-bond donors (Lipinski definition) is 2. The van der Waals surface area contributed by atoms with Crippen molar-refractivity contribution in [3.8, 4) is 0 Å². The van der Waals surface area contributed by atoms with Crippen molar-refractivity contribution in [1.29, 1.82) is 0 Å². The third kappa shape index (κ3) is 5.54. The average Bonchev–Trinajstić information content (AvgIpc) is 2.86. The van der Waals surface area contributed by atoms with Crippen LogP contribution in [0.25, 0.3) is 0 Å². The van der Waals surface area contributed by atoms with Crippen molar-refractivity contribution in [2.75, 3.05) is 23.7 Å². The van der Waals surface area contributed by atoms with E-state index < -0.39 is 17.5 Å². The molecule has 1 aliphatic rings. The molecule has 6 nitrogen and oxygen atoms in total. The van der Waals surface area contributed by atoms with Crippen LogP contribution in [0, 0.1) is 24.5 Å². The summed E-state index contributed by atoms with van der Waals surface area (Å²) in [5.74, 6) is -2.90. The SMILES string of the molecule is Cc1c(NC(=O)c2ccccc2)cccc1NC(=O)C1CCN(C(=O)c2ccc(F)cc2F)CC1. The highest BCUT2D eigenvalue weighted by Crippen LogP contribution is 2.27. The number of hydrogen-bond acceptors (Lipinski definition) is 3. The van der Waals surface area contributed by atoms with E-state index in [1.54, 1.807) is 42.5 Å². The number of carbonyl (C=O) groups is 3. The molecule has 1 aliphatic heterocycles. The molecule has 1 saturated heterocycles. The maximum absolute atomic E-state index is 14.0. The van der Waals surface area contributed by atoms with Crippen molar-refractivity contribution in [3.05, 3.63) is 95.1 Å². The van der Waals surface area contributed by atoms with Gasteiger partial charge in [0.05, 0.1) is 5.56 Å². The van der Waals surface area contributed by atoms with E-state index in [9.17, 15) is 23.2 Å². The summed E-state index contributed by atoms with van der Waals surface area (Å²) >= 11 is 0. The molecule has 8 heteroatoms. The van der Waals surface area contributed by atoms with Crippen LogP contribution >= 0.6 is 0 Å². The van der Waals surface area contributed by atoms with Crippen LogP contribution in [0.5, 0.6) is 0 Å². The summed E-state index contributed by atoms with van der Waals surface area (Å²) in [6, 6.07) is 17.0. The van der Waals surface area contributed by atoms with Gasteiger partial charge in [-0.05, 0) is 61.7 Å². The van der Waals surface area contributed by atoms with Gasteiger partial charge in [0.25, 0.3) is 11.8 Å². The van der Waals surface area contributed by atoms with Gasteiger partial charge >= 0.3 is 0 Å². The summed E-state index contributed by atoms with van der Waals surface area (Å²) in [5.41, 5.74) is 2.26. The summed E-state index contributed by atoms with van der Waals surface area (Å²) in [4.78, 5) is 39.5. The minimum absolute atomic E-state index is 0.181. The summed E-state index contributed by atoms with van der Waals surface area (Å²) in [6.07, 6.45) is 0.841. The van der Waals surface area contributed by atoms with Crippen molar-refractivity contribution in [2.45, 2.75) is 19.8 Å². The molecule has 3 aromatic rings. The molecule has 0 spiro atoms. The quantitative estimate of drug-likeness (QED) is 0.542. The van der Waals surface area contributed by atoms with Crippen molar-refractivity contribution < 1.29 is 23.2 Å². The van der Waals surface area contributed by atoms with Gasteiger partial charge < -0.3 is 15.5 Å². The molecule has 1 fully saturated rings. The molecule has 0 atom stereocenters. The first-order chi connectivity index (χ1) is 16.8. The molecular formula is C27H25F2N3O3. The van der Waals surface area contributed by atoms with Gasteiger partial charge in [0.1, 0.15) is 11.6 Å². The van der Waals surface area contributed by atoms with Crippen molar-refractivity contribution >= 4 is 29.1 Å². The maximum Gasteiger partial charge on any atom is 0.256 e. The van der Waals surface area contributed by atoms with Gasteiger partial charge in [-0.1, -0.05) is 24.3 Å². The van der Waals surface area contributed by atoms with Crippen molar-refractivity contribution in [3.63, 3.8) is 0 Å². The fourth-order valence-corrected chi connectivity index (χ4v) is 4.10. The Hall–Kier alpha value is -4.07. The Kier molecular flexibility index (Phi) is 7.19. The van der Waals surface area contributed by atoms with Crippen LogP contribution in [0.15, 0.2) is 66.7 Å². The van der Waals surface area contributed by atoms with Crippen LogP contribution in [-0.2, 0) is 4.79 Å². The molecule has 0 saturated carbocycles. The lowest BCUT2D eigenvalue weighted by atomic mass is 9.95. The van der Waals surface area contributed by atoms with Crippen LogP contribution in [0.1, 0.15) is 39.1 Å². The normalized spacial score (nSPS) is 13.9. The monoisotopic (exact) mass is 477 g/mol. The van der Waals surface area contributed by atoms with Gasteiger partial charge in [-0.25, -0.2) is 8.78 Å². The number of benzene rings is 3. The number of anilines is 2. The number of piperidine rings is 1. The minimum Gasteiger partial charge on any atom is -0.339 e. The zero-order valence-electron chi connectivity index (χ0n) is 19.2. The van der Waals surface area contributed by atoms with Crippen LogP contribution in [0.3, 0.4) is 0 Å². The standard InChI is InChI=1S/C27H25F2N3O3/c1-17-23(30-25(33)18-6-3-2-4-7-18)8-5-9-24(17)31-26(34)19-12-14-32(15-13-19)27(35)21-11-10-20(28)16-22(21)29/h2-11,16,19H,12-15H2,1H3,(H,30,33)(H,31,34). The van der Waals surface area contributed by atoms with Gasteiger partial charge in [0.2, 0.25) is 5.91 Å².